The van der Waals surface area contributed by atoms with Gasteiger partial charge in [-0.05, 0) is 60.4 Å². The molecule has 0 saturated carbocycles. The van der Waals surface area contributed by atoms with E-state index in [0.29, 0.717) is 33.8 Å². The van der Waals surface area contributed by atoms with Gasteiger partial charge in [0.2, 0.25) is 0 Å². The third kappa shape index (κ3) is 2.56. The predicted octanol–water partition coefficient (Wildman–Crippen LogP) is 7.30. The standard InChI is InChI=1S/C28H18F2O2/c1-15-11-19-21(17-7-3-5-9-23(17)29)14-32-28-16(2)12-20-22(18-8-4-6-10-24(18)30)13-31-27(15)25(20)26(19)28/h3-14H,1-2H3. The zero-order valence-electron chi connectivity index (χ0n) is 17.5. The molecule has 6 rings (SSSR count). The Bertz CT molecular complexity index is 1400. The Hall–Kier alpha value is -3.92. The van der Waals surface area contributed by atoms with Gasteiger partial charge in [-0.3, -0.25) is 0 Å². The SMILES string of the molecule is Cc1cc2c3c(c(C)cc4c3c1OC=C4c1ccccc1F)OC=C2c1ccccc1F. The minimum atomic E-state index is -0.316. The summed E-state index contributed by atoms with van der Waals surface area (Å²) in [5.74, 6) is 0.782. The molecule has 2 heterocycles. The fraction of sp³-hybridized carbons (Fsp3) is 0.0714. The van der Waals surface area contributed by atoms with Crippen LogP contribution < -0.4 is 9.47 Å². The van der Waals surface area contributed by atoms with E-state index in [2.05, 4.69) is 0 Å². The first-order valence-corrected chi connectivity index (χ1v) is 10.4. The van der Waals surface area contributed by atoms with Crippen LogP contribution in [0.15, 0.2) is 73.2 Å². The van der Waals surface area contributed by atoms with Crippen molar-refractivity contribution in [1.29, 1.82) is 0 Å². The predicted molar refractivity (Wildman–Crippen MR) is 122 cm³/mol. The maximum Gasteiger partial charge on any atom is 0.138 e. The maximum atomic E-state index is 14.7. The third-order valence-electron chi connectivity index (χ3n) is 6.18. The number of rotatable bonds is 2. The molecule has 0 fully saturated rings. The Balaban J connectivity index is 1.69. The summed E-state index contributed by atoms with van der Waals surface area (Å²) < 4.78 is 41.5. The zero-order chi connectivity index (χ0) is 22.0. The molecule has 0 aliphatic carbocycles. The van der Waals surface area contributed by atoms with Gasteiger partial charge in [0.05, 0.1) is 12.5 Å². The summed E-state index contributed by atoms with van der Waals surface area (Å²) in [4.78, 5) is 0. The van der Waals surface area contributed by atoms with Crippen molar-refractivity contribution in [3.63, 3.8) is 0 Å². The summed E-state index contributed by atoms with van der Waals surface area (Å²) >= 11 is 0. The summed E-state index contributed by atoms with van der Waals surface area (Å²) in [6.07, 6.45) is 3.23. The van der Waals surface area contributed by atoms with Gasteiger partial charge >= 0.3 is 0 Å². The van der Waals surface area contributed by atoms with E-state index >= 15 is 0 Å². The number of benzene rings is 4. The van der Waals surface area contributed by atoms with Crippen LogP contribution in [0, 0.1) is 25.5 Å². The van der Waals surface area contributed by atoms with Gasteiger partial charge in [0, 0.05) is 33.0 Å². The van der Waals surface area contributed by atoms with E-state index < -0.39 is 0 Å². The van der Waals surface area contributed by atoms with Gasteiger partial charge in [-0.2, -0.15) is 0 Å². The molecule has 2 aliphatic rings. The van der Waals surface area contributed by atoms with E-state index in [4.69, 9.17) is 9.47 Å². The highest BCUT2D eigenvalue weighted by atomic mass is 19.1. The van der Waals surface area contributed by atoms with Crippen LogP contribution in [-0.4, -0.2) is 0 Å². The largest absolute Gasteiger partial charge is 0.463 e. The van der Waals surface area contributed by atoms with Gasteiger partial charge in [0.1, 0.15) is 23.1 Å². The number of ether oxygens (including phenoxy) is 2. The van der Waals surface area contributed by atoms with Crippen molar-refractivity contribution >= 4 is 21.9 Å². The second-order valence-electron chi connectivity index (χ2n) is 8.15. The van der Waals surface area contributed by atoms with Gasteiger partial charge in [0.15, 0.2) is 0 Å². The lowest BCUT2D eigenvalue weighted by Gasteiger charge is -2.28. The average molecular weight is 424 g/mol. The van der Waals surface area contributed by atoms with Gasteiger partial charge in [-0.1, -0.05) is 36.4 Å². The van der Waals surface area contributed by atoms with E-state index in [-0.39, 0.29) is 11.6 Å². The molecule has 0 amide bonds. The molecular weight excluding hydrogens is 406 g/mol. The number of aryl methyl sites for hydroxylation is 2. The van der Waals surface area contributed by atoms with Crippen LogP contribution in [-0.2, 0) is 0 Å². The molecule has 4 aromatic rings. The van der Waals surface area contributed by atoms with Crippen molar-refractivity contribution in [2.75, 3.05) is 0 Å². The van der Waals surface area contributed by atoms with Gasteiger partial charge < -0.3 is 9.47 Å². The summed E-state index contributed by atoms with van der Waals surface area (Å²) in [5.41, 5.74) is 5.85. The second kappa shape index (κ2) is 6.79. The van der Waals surface area contributed by atoms with E-state index in [1.807, 2.05) is 26.0 Å². The highest BCUT2D eigenvalue weighted by Gasteiger charge is 2.30. The van der Waals surface area contributed by atoms with E-state index in [0.717, 1.165) is 33.0 Å². The molecule has 4 aromatic carbocycles. The first-order valence-electron chi connectivity index (χ1n) is 10.4. The molecule has 32 heavy (non-hydrogen) atoms. The van der Waals surface area contributed by atoms with Crippen LogP contribution in [0.2, 0.25) is 0 Å². The number of hydrogen-bond donors (Lipinski definition) is 0. The lowest BCUT2D eigenvalue weighted by Crippen LogP contribution is -2.09. The van der Waals surface area contributed by atoms with Gasteiger partial charge in [-0.15, -0.1) is 0 Å². The van der Waals surface area contributed by atoms with Crippen molar-refractivity contribution in [3.05, 3.63) is 118 Å². The molecule has 0 unspecified atom stereocenters. The number of hydrogen-bond acceptors (Lipinski definition) is 2. The molecule has 2 nitrogen and oxygen atoms in total. The van der Waals surface area contributed by atoms with Crippen molar-refractivity contribution < 1.29 is 18.3 Å². The summed E-state index contributed by atoms with van der Waals surface area (Å²) in [6, 6.07) is 17.3. The van der Waals surface area contributed by atoms with E-state index in [9.17, 15) is 8.78 Å². The molecule has 0 radical (unpaired) electrons. The Morgan fingerprint density at radius 2 is 0.969 bits per heavy atom. The van der Waals surface area contributed by atoms with Crippen LogP contribution in [0.4, 0.5) is 8.78 Å². The van der Waals surface area contributed by atoms with Crippen LogP contribution in [0.3, 0.4) is 0 Å². The Morgan fingerprint density at radius 3 is 1.38 bits per heavy atom. The van der Waals surface area contributed by atoms with Crippen LogP contribution in [0.1, 0.15) is 33.4 Å². The molecule has 0 saturated heterocycles. The fourth-order valence-electron chi connectivity index (χ4n) is 4.71. The Labute approximate surface area is 184 Å². The third-order valence-corrected chi connectivity index (χ3v) is 6.18. The zero-order valence-corrected chi connectivity index (χ0v) is 17.5. The summed E-state index contributed by atoms with van der Waals surface area (Å²) in [7, 11) is 0. The molecule has 2 aliphatic heterocycles. The lowest BCUT2D eigenvalue weighted by molar-refractivity contribution is 0.474. The number of halogens is 2. The first-order chi connectivity index (χ1) is 15.5. The van der Waals surface area contributed by atoms with Gasteiger partial charge in [-0.25, -0.2) is 8.78 Å². The second-order valence-corrected chi connectivity index (χ2v) is 8.15. The quantitative estimate of drug-likeness (QED) is 0.336. The summed E-state index contributed by atoms with van der Waals surface area (Å²) in [5, 5.41) is 1.70. The first kappa shape index (κ1) is 18.8. The maximum absolute atomic E-state index is 14.7. The topological polar surface area (TPSA) is 18.5 Å². The highest BCUT2D eigenvalue weighted by molar-refractivity contribution is 6.12. The normalized spacial score (nSPS) is 13.9. The Morgan fingerprint density at radius 1 is 0.562 bits per heavy atom. The Kier molecular flexibility index (Phi) is 3.99. The van der Waals surface area contributed by atoms with Crippen molar-refractivity contribution in [2.45, 2.75) is 13.8 Å². The van der Waals surface area contributed by atoms with Crippen LogP contribution in [0.5, 0.6) is 11.5 Å². The van der Waals surface area contributed by atoms with Gasteiger partial charge in [0.25, 0.3) is 0 Å². The minimum absolute atomic E-state index is 0.316. The van der Waals surface area contributed by atoms with Crippen LogP contribution in [0.25, 0.3) is 21.9 Å². The fourth-order valence-corrected chi connectivity index (χ4v) is 4.71. The molecule has 0 bridgehead atoms. The molecule has 0 spiro atoms. The van der Waals surface area contributed by atoms with Crippen molar-refractivity contribution in [1.82, 2.24) is 0 Å². The highest BCUT2D eigenvalue weighted by Crippen LogP contribution is 2.51. The van der Waals surface area contributed by atoms with Crippen molar-refractivity contribution in [2.24, 2.45) is 0 Å². The minimum Gasteiger partial charge on any atom is -0.463 e. The molecule has 0 N–H and O–H groups in total. The van der Waals surface area contributed by atoms with E-state index in [1.165, 1.54) is 12.1 Å². The smallest absolute Gasteiger partial charge is 0.138 e. The molecule has 156 valence electrons. The lowest BCUT2D eigenvalue weighted by atomic mass is 9.83. The molecular formula is C28H18F2O2. The average Bonchev–Trinajstić information content (AvgIpc) is 2.79. The monoisotopic (exact) mass is 424 g/mol. The summed E-state index contributed by atoms with van der Waals surface area (Å²) in [6.45, 7) is 3.93. The molecule has 0 atom stereocenters. The van der Waals surface area contributed by atoms with Crippen molar-refractivity contribution in [3.8, 4) is 11.5 Å². The molecule has 0 aromatic heterocycles. The molecule has 4 heteroatoms. The van der Waals surface area contributed by atoms with Crippen LogP contribution >= 0.6 is 0 Å². The van der Waals surface area contributed by atoms with E-state index in [1.54, 1.807) is 48.9 Å².